The van der Waals surface area contributed by atoms with Crippen molar-refractivity contribution < 1.29 is 26.3 Å². The molecule has 134 valence electrons. The topological polar surface area (TPSA) is 79.8 Å². The minimum Gasteiger partial charge on any atom is -0.434 e. The Labute approximate surface area is 138 Å². The van der Waals surface area contributed by atoms with Crippen LogP contribution in [0.1, 0.15) is 12.0 Å². The van der Waals surface area contributed by atoms with Crippen LogP contribution in [0.25, 0.3) is 0 Å². The van der Waals surface area contributed by atoms with Gasteiger partial charge in [0.25, 0.3) is 0 Å². The van der Waals surface area contributed by atoms with Gasteiger partial charge >= 0.3 is 6.61 Å². The van der Waals surface area contributed by atoms with Gasteiger partial charge in [0.15, 0.2) is 15.8 Å². The second-order valence-electron chi connectivity index (χ2n) is 5.27. The van der Waals surface area contributed by atoms with E-state index in [1.54, 1.807) is 0 Å². The summed E-state index contributed by atoms with van der Waals surface area (Å²) >= 11 is 0. The maximum Gasteiger partial charge on any atom is 0.387 e. The van der Waals surface area contributed by atoms with Gasteiger partial charge in [0, 0.05) is 25.2 Å². The molecular weight excluding hydrogens is 347 g/mol. The van der Waals surface area contributed by atoms with Gasteiger partial charge < -0.3 is 15.4 Å². The van der Waals surface area contributed by atoms with E-state index in [0.29, 0.717) is 6.42 Å². The first-order valence-corrected chi connectivity index (χ1v) is 9.02. The monoisotopic (exact) mass is 365 g/mol. The smallest absolute Gasteiger partial charge is 0.387 e. The third kappa shape index (κ3) is 5.02. The Morgan fingerprint density at radius 2 is 2.21 bits per heavy atom. The van der Waals surface area contributed by atoms with E-state index in [1.807, 2.05) is 0 Å². The van der Waals surface area contributed by atoms with E-state index >= 15 is 0 Å². The SMILES string of the molecule is CN=C(NCc1c(F)cccc1OC(F)F)NC1CCS(=O)(=O)C1. The lowest BCUT2D eigenvalue weighted by atomic mass is 10.2. The third-order valence-corrected chi connectivity index (χ3v) is 5.29. The summed E-state index contributed by atoms with van der Waals surface area (Å²) in [6.07, 6.45) is 0.447. The van der Waals surface area contributed by atoms with Crippen molar-refractivity contribution in [3.8, 4) is 5.75 Å². The highest BCUT2D eigenvalue weighted by atomic mass is 32.2. The van der Waals surface area contributed by atoms with E-state index in [9.17, 15) is 21.6 Å². The molecule has 0 aliphatic carbocycles. The van der Waals surface area contributed by atoms with Crippen molar-refractivity contribution in [2.75, 3.05) is 18.6 Å². The number of guanidine groups is 1. The summed E-state index contributed by atoms with van der Waals surface area (Å²) in [5, 5.41) is 5.69. The van der Waals surface area contributed by atoms with E-state index in [1.165, 1.54) is 19.2 Å². The summed E-state index contributed by atoms with van der Waals surface area (Å²) in [6, 6.07) is 3.35. The minimum atomic E-state index is -3.06. The maximum atomic E-state index is 13.9. The highest BCUT2D eigenvalue weighted by molar-refractivity contribution is 7.91. The van der Waals surface area contributed by atoms with Crippen LogP contribution in [0.3, 0.4) is 0 Å². The Morgan fingerprint density at radius 1 is 1.46 bits per heavy atom. The van der Waals surface area contributed by atoms with Gasteiger partial charge in [-0.1, -0.05) is 6.07 Å². The number of hydrogen-bond acceptors (Lipinski definition) is 4. The van der Waals surface area contributed by atoms with Gasteiger partial charge in [0.05, 0.1) is 11.5 Å². The quantitative estimate of drug-likeness (QED) is 0.607. The van der Waals surface area contributed by atoms with Gasteiger partial charge in [0.2, 0.25) is 0 Å². The van der Waals surface area contributed by atoms with Gasteiger partial charge in [-0.25, -0.2) is 12.8 Å². The summed E-state index contributed by atoms with van der Waals surface area (Å²) in [7, 11) is -1.58. The molecule has 1 heterocycles. The second-order valence-corrected chi connectivity index (χ2v) is 7.49. The summed E-state index contributed by atoms with van der Waals surface area (Å²) < 4.78 is 65.8. The first-order valence-electron chi connectivity index (χ1n) is 7.20. The molecule has 1 aromatic rings. The molecule has 1 fully saturated rings. The van der Waals surface area contributed by atoms with Crippen molar-refractivity contribution in [3.05, 3.63) is 29.6 Å². The van der Waals surface area contributed by atoms with E-state index in [0.717, 1.165) is 6.07 Å². The summed E-state index contributed by atoms with van der Waals surface area (Å²) in [6.45, 7) is -3.21. The molecule has 0 spiro atoms. The fourth-order valence-electron chi connectivity index (χ4n) is 2.39. The Bertz CT molecular complexity index is 710. The molecule has 1 aliphatic heterocycles. The minimum absolute atomic E-state index is 0.00680. The largest absolute Gasteiger partial charge is 0.434 e. The van der Waals surface area contributed by atoms with Crippen LogP contribution in [-0.4, -0.2) is 45.6 Å². The number of nitrogens with zero attached hydrogens (tertiary/aromatic N) is 1. The number of hydrogen-bond donors (Lipinski definition) is 2. The van der Waals surface area contributed by atoms with Crippen LogP contribution < -0.4 is 15.4 Å². The Morgan fingerprint density at radius 3 is 2.79 bits per heavy atom. The van der Waals surface area contributed by atoms with Gasteiger partial charge in [-0.2, -0.15) is 8.78 Å². The molecule has 2 N–H and O–H groups in total. The molecule has 10 heteroatoms. The number of sulfone groups is 1. The van der Waals surface area contributed by atoms with E-state index in [4.69, 9.17) is 0 Å². The highest BCUT2D eigenvalue weighted by Crippen LogP contribution is 2.23. The molecule has 6 nitrogen and oxygen atoms in total. The summed E-state index contributed by atoms with van der Waals surface area (Å²) in [5.74, 6) is -0.617. The zero-order valence-electron chi connectivity index (χ0n) is 12.9. The highest BCUT2D eigenvalue weighted by Gasteiger charge is 2.28. The first-order chi connectivity index (χ1) is 11.3. The molecule has 24 heavy (non-hydrogen) atoms. The Balaban J connectivity index is 2.01. The van der Waals surface area contributed by atoms with Crippen LogP contribution in [0.5, 0.6) is 5.75 Å². The fourth-order valence-corrected chi connectivity index (χ4v) is 4.06. The van der Waals surface area contributed by atoms with Crippen molar-refractivity contribution >= 4 is 15.8 Å². The zero-order valence-corrected chi connectivity index (χ0v) is 13.7. The summed E-state index contributed by atoms with van der Waals surface area (Å²) in [5.41, 5.74) is -0.0696. The average Bonchev–Trinajstić information content (AvgIpc) is 2.83. The van der Waals surface area contributed by atoms with Gasteiger partial charge in [-0.05, 0) is 18.6 Å². The molecule has 0 bridgehead atoms. The molecular formula is C14H18F3N3O3S. The normalized spacial score (nSPS) is 20.2. The number of aliphatic imine (C=N–C) groups is 1. The Kier molecular flexibility index (Phi) is 5.92. The van der Waals surface area contributed by atoms with Crippen molar-refractivity contribution in [3.63, 3.8) is 0 Å². The maximum absolute atomic E-state index is 13.9. The molecule has 0 amide bonds. The molecule has 1 saturated heterocycles. The van der Waals surface area contributed by atoms with Gasteiger partial charge in [-0.3, -0.25) is 4.99 Å². The van der Waals surface area contributed by atoms with Gasteiger partial charge in [-0.15, -0.1) is 0 Å². The van der Waals surface area contributed by atoms with Crippen LogP contribution in [0.2, 0.25) is 0 Å². The molecule has 0 aromatic heterocycles. The second kappa shape index (κ2) is 7.73. The fraction of sp³-hybridized carbons (Fsp3) is 0.500. The number of alkyl halides is 2. The molecule has 0 saturated carbocycles. The van der Waals surface area contributed by atoms with Crippen molar-refractivity contribution in [1.29, 1.82) is 0 Å². The molecule has 1 unspecified atom stereocenters. The molecule has 1 atom stereocenters. The Hall–Kier alpha value is -1.97. The molecule has 2 rings (SSSR count). The molecule has 0 radical (unpaired) electrons. The number of halogens is 3. The lowest BCUT2D eigenvalue weighted by Crippen LogP contribution is -2.43. The van der Waals surface area contributed by atoms with Crippen molar-refractivity contribution in [1.82, 2.24) is 10.6 Å². The van der Waals surface area contributed by atoms with Crippen LogP contribution in [0, 0.1) is 5.82 Å². The lowest BCUT2D eigenvalue weighted by Gasteiger charge is -2.17. The van der Waals surface area contributed by atoms with E-state index in [-0.39, 0.29) is 41.4 Å². The van der Waals surface area contributed by atoms with Crippen LogP contribution in [0.4, 0.5) is 13.2 Å². The molecule has 1 aliphatic rings. The zero-order chi connectivity index (χ0) is 17.7. The average molecular weight is 365 g/mol. The number of rotatable bonds is 5. The van der Waals surface area contributed by atoms with Gasteiger partial charge in [0.1, 0.15) is 11.6 Å². The first kappa shape index (κ1) is 18.4. The van der Waals surface area contributed by atoms with Crippen LogP contribution in [0.15, 0.2) is 23.2 Å². The predicted molar refractivity (Wildman–Crippen MR) is 83.4 cm³/mol. The molecule has 1 aromatic carbocycles. The van der Waals surface area contributed by atoms with Crippen molar-refractivity contribution in [2.45, 2.75) is 25.6 Å². The lowest BCUT2D eigenvalue weighted by molar-refractivity contribution is -0.0506. The number of ether oxygens (including phenoxy) is 1. The van der Waals surface area contributed by atoms with Crippen LogP contribution >= 0.6 is 0 Å². The third-order valence-electron chi connectivity index (χ3n) is 3.52. The number of benzene rings is 1. The standard InChI is InChI=1S/C14H18F3N3O3S/c1-18-14(20-9-5-6-24(21,22)8-9)19-7-10-11(15)3-2-4-12(10)23-13(16)17/h2-4,9,13H,5-8H2,1H3,(H2,18,19,20). The predicted octanol–water partition coefficient (Wildman–Crippen LogP) is 1.28. The van der Waals surface area contributed by atoms with Crippen molar-refractivity contribution in [2.24, 2.45) is 4.99 Å². The van der Waals surface area contributed by atoms with Crippen LogP contribution in [-0.2, 0) is 16.4 Å². The van der Waals surface area contributed by atoms with E-state index in [2.05, 4.69) is 20.4 Å². The number of nitrogens with one attached hydrogen (secondary N) is 2. The summed E-state index contributed by atoms with van der Waals surface area (Å²) in [4.78, 5) is 3.92. The van der Waals surface area contributed by atoms with E-state index < -0.39 is 22.3 Å².